The molecule has 0 aliphatic carbocycles. The molecule has 32 heavy (non-hydrogen) atoms. The largest absolute Gasteiger partial charge is 0.493 e. The monoisotopic (exact) mass is 500 g/mol. The molecule has 0 fully saturated rings. The number of hydrogen-bond acceptors (Lipinski definition) is 6. The molecule has 0 radical (unpaired) electrons. The molecule has 0 bridgehead atoms. The summed E-state index contributed by atoms with van der Waals surface area (Å²) in [6.45, 7) is 13.0. The molecule has 0 aromatic heterocycles. The zero-order valence-corrected chi connectivity index (χ0v) is 24.4. The predicted octanol–water partition coefficient (Wildman–Crippen LogP) is 4.53. The van der Waals surface area contributed by atoms with Gasteiger partial charge in [0.05, 0.1) is 30.8 Å². The van der Waals surface area contributed by atoms with Crippen molar-refractivity contribution in [3.63, 3.8) is 0 Å². The minimum absolute atomic E-state index is 0.0827. The van der Waals surface area contributed by atoms with Gasteiger partial charge in [-0.15, -0.1) is 0 Å². The molecule has 0 unspecified atom stereocenters. The van der Waals surface area contributed by atoms with Gasteiger partial charge >= 0.3 is 5.97 Å². The number of carboxylic acids is 1. The van der Waals surface area contributed by atoms with E-state index in [-0.39, 0.29) is 5.91 Å². The molecule has 1 aromatic rings. The zero-order chi connectivity index (χ0) is 24.5. The molecule has 1 N–H and O–H groups in total. The number of aliphatic carboxylic acids is 1. The second kappa shape index (κ2) is 12.6. The van der Waals surface area contributed by atoms with Crippen LogP contribution in [0.15, 0.2) is 17.7 Å². The van der Waals surface area contributed by atoms with E-state index in [2.05, 4.69) is 39.3 Å². The third-order valence-electron chi connectivity index (χ3n) is 4.41. The Morgan fingerprint density at radius 2 is 1.47 bits per heavy atom. The fraction of sp³-hybridized carbons (Fsp3) is 0.591. The van der Waals surface area contributed by atoms with Crippen LogP contribution in [0.5, 0.6) is 17.2 Å². The Kier molecular flexibility index (Phi) is 11.2. The summed E-state index contributed by atoms with van der Waals surface area (Å²) in [5.41, 5.74) is 1.04. The molecule has 1 aromatic carbocycles. The standard InChI is InChI=1S/C22H40O7Si3/c1-25-18-14-16(15-19(26-2)20(18)27-3)13-17(21(23)24)11-10-12-30-22(28-31(4,5)6)29-32(7,8)9/h13-15,22H,10-12,30H2,1-9H3,(H,23,24). The first-order valence-corrected chi connectivity index (χ1v) is 19.5. The maximum absolute atomic E-state index is 11.9. The van der Waals surface area contributed by atoms with Gasteiger partial charge < -0.3 is 28.2 Å². The molecule has 0 aliphatic heterocycles. The van der Waals surface area contributed by atoms with Crippen LogP contribution >= 0.6 is 0 Å². The molecular weight excluding hydrogens is 460 g/mol. The Morgan fingerprint density at radius 1 is 0.969 bits per heavy atom. The minimum Gasteiger partial charge on any atom is -0.493 e. The number of methoxy groups -OCH3 is 3. The Labute approximate surface area is 197 Å². The fourth-order valence-electron chi connectivity index (χ4n) is 3.18. The smallest absolute Gasteiger partial charge is 0.331 e. The van der Waals surface area contributed by atoms with Gasteiger partial charge in [-0.2, -0.15) is 0 Å². The number of hydrogen-bond donors (Lipinski definition) is 1. The quantitative estimate of drug-likeness (QED) is 0.174. The van der Waals surface area contributed by atoms with E-state index in [1.54, 1.807) is 18.2 Å². The van der Waals surface area contributed by atoms with E-state index in [9.17, 15) is 9.90 Å². The lowest BCUT2D eigenvalue weighted by Gasteiger charge is -2.31. The highest BCUT2D eigenvalue weighted by atomic mass is 28.4. The van der Waals surface area contributed by atoms with Crippen molar-refractivity contribution in [3.8, 4) is 17.2 Å². The summed E-state index contributed by atoms with van der Waals surface area (Å²) in [7, 11) is 0.547. The van der Waals surface area contributed by atoms with Crippen LogP contribution in [-0.4, -0.2) is 64.5 Å². The molecule has 1 rings (SSSR count). The second-order valence-electron chi connectivity index (χ2n) is 9.57. The highest BCUT2D eigenvalue weighted by Crippen LogP contribution is 2.38. The summed E-state index contributed by atoms with van der Waals surface area (Å²) in [5, 5.41) is 9.72. The number of benzene rings is 1. The van der Waals surface area contributed by atoms with Crippen LogP contribution in [0.1, 0.15) is 18.4 Å². The van der Waals surface area contributed by atoms with Crippen LogP contribution < -0.4 is 14.2 Å². The second-order valence-corrected chi connectivity index (χ2v) is 20.4. The first-order chi connectivity index (χ1) is 14.8. The number of rotatable bonds is 14. The molecule has 7 nitrogen and oxygen atoms in total. The molecular formula is C22H40O7Si3. The van der Waals surface area contributed by atoms with E-state index >= 15 is 0 Å². The fourth-order valence-corrected chi connectivity index (χ4v) is 9.77. The maximum Gasteiger partial charge on any atom is 0.331 e. The maximum atomic E-state index is 11.9. The van der Waals surface area contributed by atoms with Crippen molar-refractivity contribution >= 4 is 38.2 Å². The van der Waals surface area contributed by atoms with E-state index in [4.69, 9.17) is 23.1 Å². The Morgan fingerprint density at radius 3 is 1.84 bits per heavy atom. The van der Waals surface area contributed by atoms with Gasteiger partial charge in [-0.25, -0.2) is 4.79 Å². The van der Waals surface area contributed by atoms with Crippen molar-refractivity contribution in [3.05, 3.63) is 23.3 Å². The van der Waals surface area contributed by atoms with Gasteiger partial charge in [-0.3, -0.25) is 0 Å². The van der Waals surface area contributed by atoms with Crippen LogP contribution in [0.25, 0.3) is 6.08 Å². The summed E-state index contributed by atoms with van der Waals surface area (Å²) < 4.78 is 28.6. The van der Waals surface area contributed by atoms with Gasteiger partial charge in [0.2, 0.25) is 5.75 Å². The molecule has 0 saturated heterocycles. The topological polar surface area (TPSA) is 83.5 Å². The molecule has 0 saturated carbocycles. The Balaban J connectivity index is 2.90. The first kappa shape index (κ1) is 28.4. The highest BCUT2D eigenvalue weighted by molar-refractivity contribution is 6.71. The van der Waals surface area contributed by atoms with Crippen molar-refractivity contribution in [2.75, 3.05) is 21.3 Å². The zero-order valence-electron chi connectivity index (χ0n) is 21.0. The van der Waals surface area contributed by atoms with E-state index < -0.39 is 32.1 Å². The summed E-state index contributed by atoms with van der Waals surface area (Å²) in [5.74, 6) is 0.454. The average molecular weight is 501 g/mol. The normalized spacial score (nSPS) is 13.1. The summed E-state index contributed by atoms with van der Waals surface area (Å²) in [6.07, 6.45) is 2.93. The van der Waals surface area contributed by atoms with Crippen molar-refractivity contribution < 1.29 is 33.0 Å². The minimum atomic E-state index is -1.70. The van der Waals surface area contributed by atoms with Crippen molar-refractivity contribution in [1.82, 2.24) is 0 Å². The number of carboxylic acid groups (broad SMARTS) is 1. The molecule has 0 amide bonds. The van der Waals surface area contributed by atoms with Crippen molar-refractivity contribution in [1.29, 1.82) is 0 Å². The van der Waals surface area contributed by atoms with Crippen molar-refractivity contribution in [2.45, 2.75) is 64.1 Å². The molecule has 0 spiro atoms. The lowest BCUT2D eigenvalue weighted by Crippen LogP contribution is -2.42. The lowest BCUT2D eigenvalue weighted by atomic mass is 10.1. The van der Waals surface area contributed by atoms with Gasteiger partial charge in [0.1, 0.15) is 5.91 Å². The van der Waals surface area contributed by atoms with Crippen LogP contribution in [0.4, 0.5) is 0 Å². The van der Waals surface area contributed by atoms with E-state index in [1.807, 2.05) is 0 Å². The average Bonchev–Trinajstić information content (AvgIpc) is 2.66. The Hall–Kier alpha value is -1.60. The van der Waals surface area contributed by atoms with Gasteiger partial charge in [-0.1, -0.05) is 12.5 Å². The SMILES string of the molecule is COc1cc(C=C(CCC[SiH2]C(O[Si](C)(C)C)O[Si](C)(C)C)C(=O)O)cc(OC)c1OC. The van der Waals surface area contributed by atoms with Gasteiger partial charge in [0.15, 0.2) is 28.1 Å². The molecule has 0 aliphatic rings. The third-order valence-corrected chi connectivity index (χ3v) is 8.73. The highest BCUT2D eigenvalue weighted by Gasteiger charge is 2.26. The number of carbonyl (C=O) groups is 1. The molecule has 182 valence electrons. The van der Waals surface area contributed by atoms with E-state index in [0.717, 1.165) is 12.5 Å². The summed E-state index contributed by atoms with van der Waals surface area (Å²) in [4.78, 5) is 11.9. The summed E-state index contributed by atoms with van der Waals surface area (Å²) >= 11 is 0. The van der Waals surface area contributed by atoms with Crippen LogP contribution in [-0.2, 0) is 13.6 Å². The third kappa shape index (κ3) is 10.3. The summed E-state index contributed by atoms with van der Waals surface area (Å²) in [6, 6.07) is 4.46. The predicted molar refractivity (Wildman–Crippen MR) is 137 cm³/mol. The Bertz CT molecular complexity index is 742. The lowest BCUT2D eigenvalue weighted by molar-refractivity contribution is -0.132. The van der Waals surface area contributed by atoms with Crippen LogP contribution in [0.2, 0.25) is 45.3 Å². The van der Waals surface area contributed by atoms with Crippen molar-refractivity contribution in [2.24, 2.45) is 0 Å². The molecule has 0 atom stereocenters. The van der Waals surface area contributed by atoms with Gasteiger partial charge in [-0.05, 0) is 69.5 Å². The van der Waals surface area contributed by atoms with Crippen LogP contribution in [0, 0.1) is 0 Å². The van der Waals surface area contributed by atoms with E-state index in [1.165, 1.54) is 21.3 Å². The molecule has 10 heteroatoms. The molecule has 0 heterocycles. The first-order valence-electron chi connectivity index (χ1n) is 10.9. The van der Waals surface area contributed by atoms with Gasteiger partial charge in [0, 0.05) is 5.57 Å². The van der Waals surface area contributed by atoms with E-state index in [0.29, 0.717) is 34.8 Å². The van der Waals surface area contributed by atoms with Crippen LogP contribution in [0.3, 0.4) is 0 Å². The van der Waals surface area contributed by atoms with Gasteiger partial charge in [0.25, 0.3) is 0 Å². The number of ether oxygens (including phenoxy) is 3.